The van der Waals surface area contributed by atoms with Crippen LogP contribution in [0.1, 0.15) is 39.0 Å². The van der Waals surface area contributed by atoms with Gasteiger partial charge in [-0.05, 0) is 73.3 Å². The number of anilines is 2. The maximum atomic E-state index is 17.0. The summed E-state index contributed by atoms with van der Waals surface area (Å²) in [7, 11) is 4.10. The second kappa shape index (κ2) is 11.0. The minimum atomic E-state index is -0.586. The van der Waals surface area contributed by atoms with Crippen LogP contribution < -0.4 is 9.80 Å². The van der Waals surface area contributed by atoms with Crippen molar-refractivity contribution in [1.29, 1.82) is 0 Å². The Kier molecular flexibility index (Phi) is 7.60. The number of fused-ring (bicyclic) bond motifs is 2. The molecule has 2 aliphatic rings. The molecule has 2 aliphatic heterocycles. The van der Waals surface area contributed by atoms with Crippen molar-refractivity contribution in [1.82, 2.24) is 30.0 Å². The molecule has 1 amide bonds. The largest absolute Gasteiger partial charge is 0.444 e. The first-order valence-corrected chi connectivity index (χ1v) is 15.4. The molecule has 44 heavy (non-hydrogen) atoms. The molecule has 1 unspecified atom stereocenters. The Bertz CT molecular complexity index is 1760. The molecule has 4 heterocycles. The van der Waals surface area contributed by atoms with Crippen molar-refractivity contribution in [3.8, 4) is 11.1 Å². The minimum Gasteiger partial charge on any atom is -0.444 e. The second-order valence-electron chi connectivity index (χ2n) is 13.3. The normalized spacial score (nSPS) is 18.1. The first-order chi connectivity index (χ1) is 20.7. The van der Waals surface area contributed by atoms with Gasteiger partial charge in [-0.2, -0.15) is 10.1 Å². The van der Waals surface area contributed by atoms with Gasteiger partial charge in [0.05, 0.1) is 10.5 Å². The van der Waals surface area contributed by atoms with E-state index in [1.165, 1.54) is 0 Å². The van der Waals surface area contributed by atoms with Gasteiger partial charge in [-0.15, -0.1) is 0 Å². The van der Waals surface area contributed by atoms with Gasteiger partial charge in [0.15, 0.2) is 5.82 Å². The van der Waals surface area contributed by atoms with Crippen LogP contribution in [-0.4, -0.2) is 101 Å². The second-order valence-corrected chi connectivity index (χ2v) is 13.7. The molecule has 4 aromatic rings. The van der Waals surface area contributed by atoms with E-state index in [4.69, 9.17) is 26.3 Å². The highest BCUT2D eigenvalue weighted by Gasteiger charge is 2.35. The molecule has 6 rings (SSSR count). The number of likely N-dealkylation sites (N-methyl/N-ethyl adjacent to an activating group) is 1. The number of aryl methyl sites for hydroxylation is 2. The predicted molar refractivity (Wildman–Crippen MR) is 173 cm³/mol. The van der Waals surface area contributed by atoms with Gasteiger partial charge >= 0.3 is 6.09 Å². The Morgan fingerprint density at radius 2 is 1.82 bits per heavy atom. The fraction of sp³-hybridized carbons (Fsp3) is 0.500. The predicted octanol–water partition coefficient (Wildman–Crippen LogP) is 5.78. The molecule has 0 bridgehead atoms. The van der Waals surface area contributed by atoms with Crippen LogP contribution in [0.25, 0.3) is 32.9 Å². The number of aromatic amines is 1. The number of hydrogen-bond donors (Lipinski definition) is 1. The zero-order valence-electron chi connectivity index (χ0n) is 26.6. The first-order valence-electron chi connectivity index (χ1n) is 15.0. The lowest BCUT2D eigenvalue weighted by molar-refractivity contribution is 0.0158. The SMILES string of the molecule is Cc1ccc2n[nH]c(C)c2c1-c1c(Cl)cc2c(N3CCN(C(=O)OC(C)(C)C)C(C)C3)nc(N3CC(N(C)C)C3)nc2c1F. The Morgan fingerprint density at radius 3 is 2.48 bits per heavy atom. The number of carbonyl (C=O) groups is 1. The number of aromatic nitrogens is 4. The summed E-state index contributed by atoms with van der Waals surface area (Å²) in [5, 5.41) is 9.07. The number of H-pyrrole nitrogens is 1. The van der Waals surface area contributed by atoms with Gasteiger partial charge in [0, 0.05) is 72.4 Å². The molecule has 2 aromatic heterocycles. The van der Waals surface area contributed by atoms with E-state index in [9.17, 15) is 4.79 Å². The number of nitrogens with one attached hydrogen (secondary N) is 1. The summed E-state index contributed by atoms with van der Waals surface area (Å²) in [5.41, 5.74) is 3.12. The van der Waals surface area contributed by atoms with Crippen molar-refractivity contribution in [2.45, 2.75) is 59.2 Å². The Hall–Kier alpha value is -3.70. The van der Waals surface area contributed by atoms with Crippen LogP contribution in [0.3, 0.4) is 0 Å². The molecule has 1 N–H and O–H groups in total. The number of halogens is 2. The fourth-order valence-electron chi connectivity index (χ4n) is 6.16. The zero-order valence-corrected chi connectivity index (χ0v) is 27.4. The maximum absolute atomic E-state index is 17.0. The van der Waals surface area contributed by atoms with Crippen LogP contribution in [0.4, 0.5) is 21.0 Å². The van der Waals surface area contributed by atoms with Crippen molar-refractivity contribution in [3.05, 3.63) is 40.3 Å². The van der Waals surface area contributed by atoms with Crippen molar-refractivity contribution < 1.29 is 13.9 Å². The number of piperazine rings is 1. The average Bonchev–Trinajstić information content (AvgIpc) is 3.28. The molecule has 0 saturated carbocycles. The molecular formula is C32H40ClFN8O2. The quantitative estimate of drug-likeness (QED) is 0.306. The third-order valence-corrected chi connectivity index (χ3v) is 8.94. The summed E-state index contributed by atoms with van der Waals surface area (Å²) in [4.78, 5) is 30.8. The van der Waals surface area contributed by atoms with Gasteiger partial charge in [0.1, 0.15) is 16.9 Å². The monoisotopic (exact) mass is 622 g/mol. The van der Waals surface area contributed by atoms with Crippen LogP contribution in [0.5, 0.6) is 0 Å². The third-order valence-electron chi connectivity index (χ3n) is 8.64. The van der Waals surface area contributed by atoms with Gasteiger partial charge in [0.2, 0.25) is 5.95 Å². The minimum absolute atomic E-state index is 0.155. The lowest BCUT2D eigenvalue weighted by Gasteiger charge is -2.44. The van der Waals surface area contributed by atoms with Gasteiger partial charge in [-0.25, -0.2) is 14.2 Å². The van der Waals surface area contributed by atoms with E-state index in [-0.39, 0.29) is 22.7 Å². The number of rotatable bonds is 4. The number of hydrogen-bond acceptors (Lipinski definition) is 8. The van der Waals surface area contributed by atoms with Gasteiger partial charge in [0.25, 0.3) is 0 Å². The maximum Gasteiger partial charge on any atom is 0.410 e. The van der Waals surface area contributed by atoms with Crippen LogP contribution in [0.15, 0.2) is 18.2 Å². The standard InChI is InChI=1S/C32H40ClFN8O2/c1-17-9-10-23-25(19(3)37-38-23)24(17)26-22(33)13-21-28(27(26)34)35-30(41-15-20(16-41)39(7)8)36-29(21)40-11-12-42(18(2)14-40)31(43)44-32(4,5)6/h9-10,13,18,20H,11-12,14-16H2,1-8H3,(H,37,38). The number of ether oxygens (including phenoxy) is 1. The summed E-state index contributed by atoms with van der Waals surface area (Å²) < 4.78 is 22.6. The van der Waals surface area contributed by atoms with Crippen molar-refractivity contribution in [3.63, 3.8) is 0 Å². The molecular weight excluding hydrogens is 583 g/mol. The highest BCUT2D eigenvalue weighted by Crippen LogP contribution is 2.43. The molecule has 0 radical (unpaired) electrons. The molecule has 12 heteroatoms. The number of benzene rings is 2. The van der Waals surface area contributed by atoms with Gasteiger partial charge in [-0.3, -0.25) is 5.10 Å². The highest BCUT2D eigenvalue weighted by atomic mass is 35.5. The first kappa shape index (κ1) is 30.3. The molecule has 0 spiro atoms. The number of nitrogens with zero attached hydrogens (tertiary/aromatic N) is 7. The topological polar surface area (TPSA) is 93.7 Å². The zero-order chi connectivity index (χ0) is 31.7. The van der Waals surface area contributed by atoms with E-state index in [1.54, 1.807) is 11.0 Å². The summed E-state index contributed by atoms with van der Waals surface area (Å²) in [6.07, 6.45) is -0.342. The average molecular weight is 623 g/mol. The smallest absolute Gasteiger partial charge is 0.410 e. The van der Waals surface area contributed by atoms with Crippen LogP contribution in [0, 0.1) is 19.7 Å². The van der Waals surface area contributed by atoms with E-state index in [0.29, 0.717) is 54.0 Å². The van der Waals surface area contributed by atoms with Crippen molar-refractivity contribution >= 4 is 51.3 Å². The Balaban J connectivity index is 1.47. The van der Waals surface area contributed by atoms with E-state index in [0.717, 1.165) is 35.2 Å². The van der Waals surface area contributed by atoms with Crippen LogP contribution in [-0.2, 0) is 4.74 Å². The van der Waals surface area contributed by atoms with E-state index in [2.05, 4.69) is 39.0 Å². The van der Waals surface area contributed by atoms with Gasteiger partial charge in [-0.1, -0.05) is 17.7 Å². The molecule has 2 aromatic carbocycles. The number of carbonyl (C=O) groups excluding carboxylic acids is 1. The van der Waals surface area contributed by atoms with Crippen molar-refractivity contribution in [2.24, 2.45) is 0 Å². The van der Waals surface area contributed by atoms with Gasteiger partial charge < -0.3 is 24.3 Å². The highest BCUT2D eigenvalue weighted by molar-refractivity contribution is 6.35. The van der Waals surface area contributed by atoms with E-state index < -0.39 is 11.4 Å². The molecule has 1 atom stereocenters. The van der Waals surface area contributed by atoms with E-state index in [1.807, 2.05) is 53.7 Å². The molecule has 10 nitrogen and oxygen atoms in total. The summed E-state index contributed by atoms with van der Waals surface area (Å²) in [6.45, 7) is 14.4. The van der Waals surface area contributed by atoms with E-state index >= 15 is 4.39 Å². The lowest BCUT2D eigenvalue weighted by Crippen LogP contribution is -2.58. The third kappa shape index (κ3) is 5.30. The molecule has 234 valence electrons. The van der Waals surface area contributed by atoms with Crippen LogP contribution in [0.2, 0.25) is 5.02 Å². The molecule has 2 saturated heterocycles. The van der Waals surface area contributed by atoms with Crippen molar-refractivity contribution in [2.75, 3.05) is 56.6 Å². The molecule has 2 fully saturated rings. The summed E-state index contributed by atoms with van der Waals surface area (Å²) in [6, 6.07) is 5.85. The fourth-order valence-corrected chi connectivity index (χ4v) is 6.44. The lowest BCUT2D eigenvalue weighted by atomic mass is 9.94. The Labute approximate surface area is 262 Å². The Morgan fingerprint density at radius 1 is 1.09 bits per heavy atom. The molecule has 0 aliphatic carbocycles. The summed E-state index contributed by atoms with van der Waals surface area (Å²) >= 11 is 6.97. The van der Waals surface area contributed by atoms with Crippen LogP contribution >= 0.6 is 11.6 Å². The summed E-state index contributed by atoms with van der Waals surface area (Å²) in [5.74, 6) is 0.601. The number of amides is 1.